The Kier molecular flexibility index (Phi) is 5.10. The third-order valence-electron chi connectivity index (χ3n) is 5.00. The van der Waals surface area contributed by atoms with E-state index >= 15 is 0 Å². The zero-order chi connectivity index (χ0) is 19.5. The average Bonchev–Trinajstić information content (AvgIpc) is 3.18. The first kappa shape index (κ1) is 18.2. The molecule has 1 aliphatic heterocycles. The standard InChI is InChI=1S/C22H21FN2O3/c23-16-7-5-6-15(12-16)13-20-22(27)25(18-10-3-4-11-19(18)28-20)14-21(26)24-17-8-1-2-9-17/h3-7,10-13,17H,1-2,8-9,14H2,(H,24,26). The van der Waals surface area contributed by atoms with Gasteiger partial charge in [0.25, 0.3) is 5.91 Å². The molecule has 2 aromatic carbocycles. The third-order valence-corrected chi connectivity index (χ3v) is 5.00. The van der Waals surface area contributed by atoms with Crippen molar-refractivity contribution in [3.8, 4) is 5.75 Å². The highest BCUT2D eigenvalue weighted by molar-refractivity contribution is 6.12. The molecule has 1 aliphatic carbocycles. The first-order valence-corrected chi connectivity index (χ1v) is 9.45. The van der Waals surface area contributed by atoms with E-state index in [1.165, 1.54) is 23.1 Å². The van der Waals surface area contributed by atoms with E-state index in [1.54, 1.807) is 36.4 Å². The van der Waals surface area contributed by atoms with Crippen LogP contribution in [-0.2, 0) is 9.59 Å². The summed E-state index contributed by atoms with van der Waals surface area (Å²) in [6.45, 7) is -0.0871. The van der Waals surface area contributed by atoms with Gasteiger partial charge < -0.3 is 10.1 Å². The maximum Gasteiger partial charge on any atom is 0.294 e. The molecule has 0 bridgehead atoms. The number of carbonyl (C=O) groups is 2. The van der Waals surface area contributed by atoms with Crippen molar-refractivity contribution in [2.75, 3.05) is 11.4 Å². The number of fused-ring (bicyclic) bond motifs is 1. The predicted molar refractivity (Wildman–Crippen MR) is 104 cm³/mol. The van der Waals surface area contributed by atoms with Gasteiger partial charge in [-0.25, -0.2) is 4.39 Å². The van der Waals surface area contributed by atoms with Crippen molar-refractivity contribution in [2.24, 2.45) is 0 Å². The van der Waals surface area contributed by atoms with Gasteiger partial charge in [0.15, 0.2) is 11.5 Å². The van der Waals surface area contributed by atoms with E-state index in [0.717, 1.165) is 25.7 Å². The van der Waals surface area contributed by atoms with Crippen molar-refractivity contribution < 1.29 is 18.7 Å². The molecule has 28 heavy (non-hydrogen) atoms. The Hall–Kier alpha value is -3.15. The molecule has 0 aromatic heterocycles. The molecule has 0 saturated heterocycles. The van der Waals surface area contributed by atoms with E-state index in [9.17, 15) is 14.0 Å². The first-order chi connectivity index (χ1) is 13.6. The summed E-state index contributed by atoms with van der Waals surface area (Å²) in [6.07, 6.45) is 5.67. The van der Waals surface area contributed by atoms with Crippen LogP contribution in [0.5, 0.6) is 5.75 Å². The van der Waals surface area contributed by atoms with E-state index in [-0.39, 0.29) is 24.3 Å². The van der Waals surface area contributed by atoms with Gasteiger partial charge >= 0.3 is 0 Å². The smallest absolute Gasteiger partial charge is 0.294 e. The predicted octanol–water partition coefficient (Wildman–Crippen LogP) is 3.65. The SMILES string of the molecule is O=C(CN1C(=O)C(=Cc2cccc(F)c2)Oc2ccccc21)NC1CCCC1. The van der Waals surface area contributed by atoms with Gasteiger partial charge in [0.1, 0.15) is 12.4 Å². The van der Waals surface area contributed by atoms with E-state index in [2.05, 4.69) is 5.32 Å². The molecule has 6 heteroatoms. The van der Waals surface area contributed by atoms with Crippen molar-refractivity contribution in [3.05, 3.63) is 65.7 Å². The average molecular weight is 380 g/mol. The second kappa shape index (κ2) is 7.84. The van der Waals surface area contributed by atoms with Crippen LogP contribution in [0.4, 0.5) is 10.1 Å². The number of amides is 2. The first-order valence-electron chi connectivity index (χ1n) is 9.45. The number of nitrogens with one attached hydrogen (secondary N) is 1. The molecule has 1 fully saturated rings. The lowest BCUT2D eigenvalue weighted by atomic mass is 10.1. The summed E-state index contributed by atoms with van der Waals surface area (Å²) in [7, 11) is 0. The molecular formula is C22H21FN2O3. The number of ether oxygens (including phenoxy) is 1. The molecule has 2 amide bonds. The maximum absolute atomic E-state index is 13.5. The van der Waals surface area contributed by atoms with Gasteiger partial charge in [0.2, 0.25) is 5.91 Å². The molecule has 1 heterocycles. The number of hydrogen-bond donors (Lipinski definition) is 1. The van der Waals surface area contributed by atoms with Gasteiger partial charge in [0.05, 0.1) is 5.69 Å². The monoisotopic (exact) mass is 380 g/mol. The minimum absolute atomic E-state index is 0.0537. The van der Waals surface area contributed by atoms with E-state index in [4.69, 9.17) is 4.74 Å². The number of rotatable bonds is 4. The van der Waals surface area contributed by atoms with Crippen LogP contribution in [0.3, 0.4) is 0 Å². The maximum atomic E-state index is 13.5. The summed E-state index contributed by atoms with van der Waals surface area (Å²) in [5.41, 5.74) is 1.06. The Morgan fingerprint density at radius 1 is 1.18 bits per heavy atom. The van der Waals surface area contributed by atoms with Gasteiger partial charge in [-0.05, 0) is 48.7 Å². The molecule has 2 aromatic rings. The lowest BCUT2D eigenvalue weighted by Gasteiger charge is -2.30. The minimum Gasteiger partial charge on any atom is -0.449 e. The number of hydrogen-bond acceptors (Lipinski definition) is 3. The molecule has 4 rings (SSSR count). The lowest BCUT2D eigenvalue weighted by molar-refractivity contribution is -0.123. The van der Waals surface area contributed by atoms with Crippen molar-refractivity contribution >= 4 is 23.6 Å². The topological polar surface area (TPSA) is 58.6 Å². The van der Waals surface area contributed by atoms with Crippen LogP contribution in [0.1, 0.15) is 31.2 Å². The lowest BCUT2D eigenvalue weighted by Crippen LogP contribution is -2.46. The zero-order valence-corrected chi connectivity index (χ0v) is 15.4. The second-order valence-corrected chi connectivity index (χ2v) is 7.07. The molecule has 5 nitrogen and oxygen atoms in total. The molecule has 2 aliphatic rings. The fourth-order valence-electron chi connectivity index (χ4n) is 3.65. The van der Waals surface area contributed by atoms with Gasteiger partial charge in [-0.3, -0.25) is 14.5 Å². The van der Waals surface area contributed by atoms with Crippen LogP contribution in [0.25, 0.3) is 6.08 Å². The number of carbonyl (C=O) groups excluding carboxylic acids is 2. The Morgan fingerprint density at radius 2 is 1.96 bits per heavy atom. The summed E-state index contributed by atoms with van der Waals surface area (Å²) >= 11 is 0. The van der Waals surface area contributed by atoms with E-state index in [1.807, 2.05) is 0 Å². The highest BCUT2D eigenvalue weighted by Crippen LogP contribution is 2.35. The number of nitrogens with zero attached hydrogens (tertiary/aromatic N) is 1. The van der Waals surface area contributed by atoms with Crippen LogP contribution in [0, 0.1) is 5.82 Å². The molecule has 0 unspecified atom stereocenters. The number of benzene rings is 2. The van der Waals surface area contributed by atoms with Crippen LogP contribution in [-0.4, -0.2) is 24.4 Å². The number of halogens is 1. The molecule has 144 valence electrons. The van der Waals surface area contributed by atoms with Crippen LogP contribution >= 0.6 is 0 Å². The fraction of sp³-hybridized carbons (Fsp3) is 0.273. The number of anilines is 1. The fourth-order valence-corrected chi connectivity index (χ4v) is 3.65. The molecular weight excluding hydrogens is 359 g/mol. The highest BCUT2D eigenvalue weighted by Gasteiger charge is 2.32. The van der Waals surface area contributed by atoms with E-state index < -0.39 is 11.7 Å². The molecule has 1 N–H and O–H groups in total. The van der Waals surface area contributed by atoms with Crippen molar-refractivity contribution in [3.63, 3.8) is 0 Å². The number of para-hydroxylation sites is 2. The Labute approximate surface area is 162 Å². The van der Waals surface area contributed by atoms with E-state index in [0.29, 0.717) is 17.0 Å². The van der Waals surface area contributed by atoms with Crippen molar-refractivity contribution in [2.45, 2.75) is 31.7 Å². The van der Waals surface area contributed by atoms with Gasteiger partial charge in [-0.1, -0.05) is 37.1 Å². The molecule has 0 spiro atoms. The largest absolute Gasteiger partial charge is 0.449 e. The zero-order valence-electron chi connectivity index (χ0n) is 15.4. The highest BCUT2D eigenvalue weighted by atomic mass is 19.1. The minimum atomic E-state index is -0.426. The molecule has 0 radical (unpaired) electrons. The molecule has 1 saturated carbocycles. The summed E-state index contributed by atoms with van der Waals surface area (Å²) in [4.78, 5) is 26.9. The summed E-state index contributed by atoms with van der Waals surface area (Å²) in [6, 6.07) is 13.2. The Morgan fingerprint density at radius 3 is 2.75 bits per heavy atom. The van der Waals surface area contributed by atoms with Crippen molar-refractivity contribution in [1.82, 2.24) is 5.32 Å². The van der Waals surface area contributed by atoms with Crippen LogP contribution in [0.15, 0.2) is 54.3 Å². The van der Waals surface area contributed by atoms with Crippen LogP contribution < -0.4 is 15.0 Å². The normalized spacial score (nSPS) is 18.1. The van der Waals surface area contributed by atoms with Gasteiger partial charge in [-0.15, -0.1) is 0 Å². The second-order valence-electron chi connectivity index (χ2n) is 7.07. The van der Waals surface area contributed by atoms with Crippen LogP contribution in [0.2, 0.25) is 0 Å². The van der Waals surface area contributed by atoms with Gasteiger partial charge in [-0.2, -0.15) is 0 Å². The quantitative estimate of drug-likeness (QED) is 0.824. The summed E-state index contributed by atoms with van der Waals surface area (Å²) in [5.74, 6) is -0.478. The molecule has 0 atom stereocenters. The third kappa shape index (κ3) is 3.91. The summed E-state index contributed by atoms with van der Waals surface area (Å²) in [5, 5.41) is 3.01. The van der Waals surface area contributed by atoms with Crippen molar-refractivity contribution in [1.29, 1.82) is 0 Å². The summed E-state index contributed by atoms with van der Waals surface area (Å²) < 4.78 is 19.2. The Balaban J connectivity index is 1.60. The van der Waals surface area contributed by atoms with Gasteiger partial charge in [0, 0.05) is 6.04 Å². The Bertz CT molecular complexity index is 935.